The first-order valence-corrected chi connectivity index (χ1v) is 9.68. The zero-order valence-corrected chi connectivity index (χ0v) is 14.7. The quantitative estimate of drug-likeness (QED) is 0.771. The second-order valence-corrected chi connectivity index (χ2v) is 8.17. The van der Waals surface area contributed by atoms with Crippen molar-refractivity contribution in [1.29, 1.82) is 0 Å². The van der Waals surface area contributed by atoms with Gasteiger partial charge in [-0.2, -0.15) is 8.78 Å². The molecule has 128 valence electrons. The van der Waals surface area contributed by atoms with Gasteiger partial charge in [0.05, 0.1) is 15.6 Å². The van der Waals surface area contributed by atoms with Gasteiger partial charge in [-0.3, -0.25) is 4.79 Å². The maximum atomic E-state index is 12.6. The fourth-order valence-corrected chi connectivity index (χ4v) is 3.79. The minimum absolute atomic E-state index is 0.00251. The van der Waals surface area contributed by atoms with Crippen molar-refractivity contribution in [3.8, 4) is 0 Å². The minimum atomic E-state index is -3.60. The third kappa shape index (κ3) is 4.68. The Morgan fingerprint density at radius 1 is 1.21 bits per heavy atom. The molecule has 0 saturated carbocycles. The van der Waals surface area contributed by atoms with E-state index in [0.29, 0.717) is 11.8 Å². The molecular formula is C15H12ClF2NO3S2. The minimum Gasteiger partial charge on any atom is -0.321 e. The third-order valence-electron chi connectivity index (χ3n) is 2.94. The lowest BCUT2D eigenvalue weighted by Gasteiger charge is -2.11. The summed E-state index contributed by atoms with van der Waals surface area (Å²) in [6, 6.07) is 9.91. The number of carbonyl (C=O) groups excluding carboxylic acids is 1. The zero-order valence-electron chi connectivity index (χ0n) is 12.3. The van der Waals surface area contributed by atoms with Crippen molar-refractivity contribution >= 4 is 44.8 Å². The number of alkyl halides is 2. The van der Waals surface area contributed by atoms with E-state index in [-0.39, 0.29) is 26.1 Å². The van der Waals surface area contributed by atoms with E-state index in [4.69, 9.17) is 11.6 Å². The number of hydrogen-bond donors (Lipinski definition) is 1. The smallest absolute Gasteiger partial charge is 0.288 e. The zero-order chi connectivity index (χ0) is 17.9. The van der Waals surface area contributed by atoms with E-state index in [1.165, 1.54) is 24.3 Å². The summed E-state index contributed by atoms with van der Waals surface area (Å²) in [6.45, 7) is 0. The number of carbonyl (C=O) groups is 1. The number of amides is 1. The monoisotopic (exact) mass is 391 g/mol. The summed E-state index contributed by atoms with van der Waals surface area (Å²) in [4.78, 5) is 12.3. The van der Waals surface area contributed by atoms with Gasteiger partial charge in [-0.25, -0.2) is 8.42 Å². The van der Waals surface area contributed by atoms with Gasteiger partial charge in [0.25, 0.3) is 11.7 Å². The van der Waals surface area contributed by atoms with Crippen LogP contribution in [0, 0.1) is 0 Å². The molecule has 0 spiro atoms. The van der Waals surface area contributed by atoms with Crippen molar-refractivity contribution < 1.29 is 22.0 Å². The van der Waals surface area contributed by atoms with E-state index in [2.05, 4.69) is 5.32 Å². The second kappa shape index (κ2) is 7.50. The van der Waals surface area contributed by atoms with Crippen LogP contribution in [-0.2, 0) is 9.84 Å². The van der Waals surface area contributed by atoms with E-state index < -0.39 is 21.5 Å². The molecule has 0 aromatic heterocycles. The molecule has 0 atom stereocenters. The van der Waals surface area contributed by atoms with Crippen molar-refractivity contribution in [3.05, 3.63) is 53.1 Å². The van der Waals surface area contributed by atoms with Crippen LogP contribution in [-0.4, -0.2) is 26.3 Å². The van der Waals surface area contributed by atoms with Gasteiger partial charge in [0.2, 0.25) is 0 Å². The van der Waals surface area contributed by atoms with Crippen molar-refractivity contribution in [2.24, 2.45) is 0 Å². The first-order chi connectivity index (χ1) is 11.2. The fourth-order valence-electron chi connectivity index (χ4n) is 1.89. The molecule has 0 aliphatic rings. The molecule has 1 amide bonds. The highest BCUT2D eigenvalue weighted by Crippen LogP contribution is 2.32. The molecule has 1 N–H and O–H groups in total. The highest BCUT2D eigenvalue weighted by atomic mass is 35.5. The number of anilines is 1. The predicted molar refractivity (Wildman–Crippen MR) is 90.8 cm³/mol. The Morgan fingerprint density at radius 2 is 1.88 bits per heavy atom. The maximum Gasteiger partial charge on any atom is 0.288 e. The molecule has 2 aromatic carbocycles. The van der Waals surface area contributed by atoms with Gasteiger partial charge < -0.3 is 5.32 Å². The summed E-state index contributed by atoms with van der Waals surface area (Å²) in [5.74, 6) is -3.26. The van der Waals surface area contributed by atoms with E-state index in [1.54, 1.807) is 12.1 Å². The highest BCUT2D eigenvalue weighted by Gasteiger charge is 2.17. The Balaban J connectivity index is 2.32. The second-order valence-electron chi connectivity index (χ2n) is 4.75. The van der Waals surface area contributed by atoms with Crippen molar-refractivity contribution in [1.82, 2.24) is 0 Å². The van der Waals surface area contributed by atoms with Gasteiger partial charge in [0.15, 0.2) is 9.84 Å². The molecule has 0 heterocycles. The summed E-state index contributed by atoms with van der Waals surface area (Å²) < 4.78 is 48.4. The number of thioether (sulfide) groups is 1. The molecule has 2 aromatic rings. The largest absolute Gasteiger partial charge is 0.321 e. The summed E-state index contributed by atoms with van der Waals surface area (Å²) in [7, 11) is -3.60. The van der Waals surface area contributed by atoms with Crippen molar-refractivity contribution in [2.75, 3.05) is 11.6 Å². The molecule has 0 fully saturated rings. The van der Waals surface area contributed by atoms with Gasteiger partial charge in [0.1, 0.15) is 0 Å². The van der Waals surface area contributed by atoms with Crippen LogP contribution in [0.15, 0.2) is 52.3 Å². The van der Waals surface area contributed by atoms with Crippen LogP contribution in [0.5, 0.6) is 0 Å². The van der Waals surface area contributed by atoms with Crippen molar-refractivity contribution in [3.63, 3.8) is 0 Å². The lowest BCUT2D eigenvalue weighted by molar-refractivity contribution is 0.102. The molecule has 0 bridgehead atoms. The molecule has 4 nitrogen and oxygen atoms in total. The van der Waals surface area contributed by atoms with Gasteiger partial charge >= 0.3 is 0 Å². The molecule has 0 unspecified atom stereocenters. The first kappa shape index (κ1) is 18.7. The van der Waals surface area contributed by atoms with Crippen LogP contribution in [0.3, 0.4) is 0 Å². The van der Waals surface area contributed by atoms with Gasteiger partial charge in [0, 0.05) is 16.7 Å². The molecular weight excluding hydrogens is 380 g/mol. The number of hydrogen-bond acceptors (Lipinski definition) is 4. The molecule has 24 heavy (non-hydrogen) atoms. The Kier molecular flexibility index (Phi) is 5.84. The summed E-state index contributed by atoms with van der Waals surface area (Å²) in [5.41, 5.74) is 0.264. The Bertz CT molecular complexity index is 873. The Labute approximate surface area is 147 Å². The summed E-state index contributed by atoms with van der Waals surface area (Å²) >= 11 is 6.14. The summed E-state index contributed by atoms with van der Waals surface area (Å²) in [6.07, 6.45) is 0.977. The lowest BCUT2D eigenvalue weighted by Crippen LogP contribution is -2.13. The lowest BCUT2D eigenvalue weighted by atomic mass is 10.2. The van der Waals surface area contributed by atoms with Crippen molar-refractivity contribution in [2.45, 2.75) is 15.5 Å². The summed E-state index contributed by atoms with van der Waals surface area (Å²) in [5, 5.41) is 2.50. The highest BCUT2D eigenvalue weighted by molar-refractivity contribution is 7.99. The number of halogens is 3. The van der Waals surface area contributed by atoms with E-state index in [0.717, 1.165) is 12.3 Å². The average Bonchev–Trinajstić information content (AvgIpc) is 2.48. The number of para-hydroxylation sites is 1. The van der Waals surface area contributed by atoms with Crippen LogP contribution < -0.4 is 5.32 Å². The molecule has 9 heteroatoms. The molecule has 2 rings (SSSR count). The van der Waals surface area contributed by atoms with E-state index >= 15 is 0 Å². The van der Waals surface area contributed by atoms with Crippen LogP contribution in [0.2, 0.25) is 5.02 Å². The van der Waals surface area contributed by atoms with Crippen LogP contribution >= 0.6 is 23.4 Å². The molecule has 0 aliphatic carbocycles. The SMILES string of the molecule is CS(=O)(=O)c1cc(C(=O)Nc2ccccc2SC(F)F)ccc1Cl. The Hall–Kier alpha value is -1.64. The molecule has 0 saturated heterocycles. The van der Waals surface area contributed by atoms with Gasteiger partial charge in [-0.05, 0) is 30.3 Å². The first-order valence-electron chi connectivity index (χ1n) is 6.53. The van der Waals surface area contributed by atoms with Crippen LogP contribution in [0.4, 0.5) is 14.5 Å². The number of rotatable bonds is 5. The van der Waals surface area contributed by atoms with Crippen LogP contribution in [0.25, 0.3) is 0 Å². The van der Waals surface area contributed by atoms with E-state index in [9.17, 15) is 22.0 Å². The number of benzene rings is 2. The maximum absolute atomic E-state index is 12.6. The third-order valence-corrected chi connectivity index (χ3v) is 5.31. The normalized spacial score (nSPS) is 11.5. The van der Waals surface area contributed by atoms with Gasteiger partial charge in [-0.15, -0.1) is 0 Å². The van der Waals surface area contributed by atoms with Crippen LogP contribution in [0.1, 0.15) is 10.4 Å². The number of nitrogens with one attached hydrogen (secondary N) is 1. The average molecular weight is 392 g/mol. The topological polar surface area (TPSA) is 63.2 Å². The van der Waals surface area contributed by atoms with Gasteiger partial charge in [-0.1, -0.05) is 35.5 Å². The fraction of sp³-hybridized carbons (Fsp3) is 0.133. The predicted octanol–water partition coefficient (Wildman–Crippen LogP) is 4.31. The molecule has 0 aliphatic heterocycles. The Morgan fingerprint density at radius 3 is 2.50 bits per heavy atom. The molecule has 0 radical (unpaired) electrons. The standard InChI is InChI=1S/C15H12ClF2NO3S2/c1-24(21,22)13-8-9(6-7-10(13)16)14(20)19-11-4-2-3-5-12(11)23-15(17)18/h2-8,15H,1H3,(H,19,20). The number of sulfone groups is 1. The van der Waals surface area contributed by atoms with E-state index in [1.807, 2.05) is 0 Å².